The third-order valence-electron chi connectivity index (χ3n) is 1.48. The van der Waals surface area contributed by atoms with E-state index in [1.54, 1.807) is 6.07 Å². The van der Waals surface area contributed by atoms with E-state index in [2.05, 4.69) is 0 Å². The fourth-order valence-corrected chi connectivity index (χ4v) is 1.68. The van der Waals surface area contributed by atoms with Crippen molar-refractivity contribution in [2.45, 2.75) is 11.9 Å². The van der Waals surface area contributed by atoms with Crippen LogP contribution in [-0.2, 0) is 5.75 Å². The van der Waals surface area contributed by atoms with Crippen molar-refractivity contribution in [3.63, 3.8) is 0 Å². The molecular formula is C9H8F4S. The summed E-state index contributed by atoms with van der Waals surface area (Å²) in [6.07, 6.45) is -4.18. The van der Waals surface area contributed by atoms with Crippen LogP contribution in [0, 0.1) is 5.82 Å². The largest absolute Gasteiger partial charge is 0.397 e. The molecule has 0 nitrogen and oxygen atoms in total. The maximum atomic E-state index is 12.9. The molecule has 0 saturated heterocycles. The molecule has 0 bridgehead atoms. The second-order valence-electron chi connectivity index (χ2n) is 2.70. The van der Waals surface area contributed by atoms with Gasteiger partial charge in [0.05, 0.1) is 5.75 Å². The number of benzene rings is 1. The van der Waals surface area contributed by atoms with Gasteiger partial charge in [-0.05, 0) is 11.6 Å². The van der Waals surface area contributed by atoms with Gasteiger partial charge in [-0.3, -0.25) is 0 Å². The van der Waals surface area contributed by atoms with Crippen LogP contribution < -0.4 is 0 Å². The summed E-state index contributed by atoms with van der Waals surface area (Å²) in [5.41, 5.74) is 0.307. The monoisotopic (exact) mass is 224 g/mol. The van der Waals surface area contributed by atoms with Crippen LogP contribution in [-0.4, -0.2) is 11.9 Å². The Morgan fingerprint density at radius 1 is 1.14 bits per heavy atom. The third kappa shape index (κ3) is 4.00. The molecule has 0 unspecified atom stereocenters. The first-order valence-corrected chi connectivity index (χ1v) is 5.02. The minimum Gasteiger partial charge on any atom is -0.207 e. The van der Waals surface area contributed by atoms with Crippen LogP contribution in [0.1, 0.15) is 5.56 Å². The first-order valence-electron chi connectivity index (χ1n) is 3.87. The van der Waals surface area contributed by atoms with E-state index < -0.39 is 17.7 Å². The fourth-order valence-electron chi connectivity index (χ4n) is 0.892. The summed E-state index contributed by atoms with van der Waals surface area (Å²) in [6.45, 7) is 0. The molecule has 0 aliphatic carbocycles. The van der Waals surface area contributed by atoms with Crippen molar-refractivity contribution >= 4 is 11.8 Å². The van der Waals surface area contributed by atoms with E-state index in [0.717, 1.165) is 0 Å². The van der Waals surface area contributed by atoms with Gasteiger partial charge in [0.1, 0.15) is 5.82 Å². The summed E-state index contributed by atoms with van der Waals surface area (Å²) in [4.78, 5) is 0. The summed E-state index contributed by atoms with van der Waals surface area (Å²) in [6, 6.07) is 5.84. The van der Waals surface area contributed by atoms with E-state index in [0.29, 0.717) is 17.3 Å². The molecule has 0 amide bonds. The van der Waals surface area contributed by atoms with Gasteiger partial charge in [0.25, 0.3) is 0 Å². The van der Waals surface area contributed by atoms with E-state index >= 15 is 0 Å². The fraction of sp³-hybridized carbons (Fsp3) is 0.333. The molecule has 78 valence electrons. The first-order chi connectivity index (χ1) is 6.49. The van der Waals surface area contributed by atoms with Crippen molar-refractivity contribution in [2.75, 3.05) is 5.75 Å². The summed E-state index contributed by atoms with van der Waals surface area (Å²) in [7, 11) is 0. The molecule has 1 aromatic carbocycles. The van der Waals surface area contributed by atoms with E-state index in [4.69, 9.17) is 0 Å². The Hall–Kier alpha value is -0.710. The SMILES string of the molecule is Fc1ccccc1CSCC(F)(F)F. The van der Waals surface area contributed by atoms with Gasteiger partial charge in [-0.2, -0.15) is 13.2 Å². The van der Waals surface area contributed by atoms with Crippen molar-refractivity contribution < 1.29 is 17.6 Å². The van der Waals surface area contributed by atoms with Crippen molar-refractivity contribution in [3.05, 3.63) is 35.6 Å². The zero-order chi connectivity index (χ0) is 10.6. The van der Waals surface area contributed by atoms with Crippen molar-refractivity contribution in [1.82, 2.24) is 0 Å². The maximum Gasteiger partial charge on any atom is 0.397 e. The second-order valence-corrected chi connectivity index (χ2v) is 3.68. The van der Waals surface area contributed by atoms with Crippen molar-refractivity contribution in [3.8, 4) is 0 Å². The van der Waals surface area contributed by atoms with Crippen molar-refractivity contribution in [1.29, 1.82) is 0 Å². The van der Waals surface area contributed by atoms with E-state index in [-0.39, 0.29) is 5.75 Å². The highest BCUT2D eigenvalue weighted by Crippen LogP contribution is 2.24. The first kappa shape index (κ1) is 11.4. The predicted molar refractivity (Wildman–Crippen MR) is 48.6 cm³/mol. The minimum atomic E-state index is -4.18. The Labute approximate surface area is 83.3 Å². The minimum absolute atomic E-state index is 0.0478. The number of alkyl halides is 3. The quantitative estimate of drug-likeness (QED) is 0.706. The molecule has 14 heavy (non-hydrogen) atoms. The molecule has 0 heterocycles. The summed E-state index contributed by atoms with van der Waals surface area (Å²) >= 11 is 0.662. The number of thioether (sulfide) groups is 1. The topological polar surface area (TPSA) is 0 Å². The zero-order valence-electron chi connectivity index (χ0n) is 7.14. The Bertz CT molecular complexity index is 295. The number of halogens is 4. The smallest absolute Gasteiger partial charge is 0.207 e. The third-order valence-corrected chi connectivity index (χ3v) is 2.53. The van der Waals surface area contributed by atoms with Gasteiger partial charge in [0.2, 0.25) is 0 Å². The van der Waals surface area contributed by atoms with E-state index in [1.165, 1.54) is 18.2 Å². The van der Waals surface area contributed by atoms with E-state index in [1.807, 2.05) is 0 Å². The highest BCUT2D eigenvalue weighted by molar-refractivity contribution is 7.98. The molecule has 0 atom stereocenters. The van der Waals surface area contributed by atoms with Gasteiger partial charge in [-0.25, -0.2) is 4.39 Å². The van der Waals surface area contributed by atoms with Gasteiger partial charge in [0.15, 0.2) is 0 Å². The summed E-state index contributed by atoms with van der Waals surface area (Å²) < 4.78 is 48.1. The normalized spacial score (nSPS) is 11.7. The van der Waals surface area contributed by atoms with Crippen LogP contribution in [0.25, 0.3) is 0 Å². The lowest BCUT2D eigenvalue weighted by Gasteiger charge is -2.06. The summed E-state index contributed by atoms with van der Waals surface area (Å²) in [5.74, 6) is -1.35. The van der Waals surface area contributed by atoms with Crippen LogP contribution >= 0.6 is 11.8 Å². The van der Waals surface area contributed by atoms with Gasteiger partial charge < -0.3 is 0 Å². The van der Waals surface area contributed by atoms with Crippen LogP contribution in [0.3, 0.4) is 0 Å². The lowest BCUT2D eigenvalue weighted by atomic mass is 10.2. The molecule has 0 aliphatic heterocycles. The number of hydrogen-bond acceptors (Lipinski definition) is 1. The Balaban J connectivity index is 2.43. The molecule has 0 radical (unpaired) electrons. The van der Waals surface area contributed by atoms with Gasteiger partial charge in [0, 0.05) is 5.75 Å². The average molecular weight is 224 g/mol. The maximum absolute atomic E-state index is 12.9. The predicted octanol–water partition coefficient (Wildman–Crippen LogP) is 3.62. The van der Waals surface area contributed by atoms with Crippen LogP contribution in [0.4, 0.5) is 17.6 Å². The summed E-state index contributed by atoms with van der Waals surface area (Å²) in [5, 5.41) is 0. The average Bonchev–Trinajstić information content (AvgIpc) is 2.06. The lowest BCUT2D eigenvalue weighted by Crippen LogP contribution is -2.10. The second kappa shape index (κ2) is 4.68. The highest BCUT2D eigenvalue weighted by Gasteiger charge is 2.26. The molecule has 0 fully saturated rings. The Morgan fingerprint density at radius 3 is 2.36 bits per heavy atom. The molecule has 0 aliphatic rings. The number of rotatable bonds is 3. The molecule has 0 saturated carbocycles. The molecule has 1 aromatic rings. The Kier molecular flexibility index (Phi) is 3.80. The molecule has 0 aromatic heterocycles. The molecule has 0 spiro atoms. The highest BCUT2D eigenvalue weighted by atomic mass is 32.2. The number of hydrogen-bond donors (Lipinski definition) is 0. The van der Waals surface area contributed by atoms with Gasteiger partial charge >= 0.3 is 6.18 Å². The van der Waals surface area contributed by atoms with E-state index in [9.17, 15) is 17.6 Å². The van der Waals surface area contributed by atoms with Crippen LogP contribution in [0.2, 0.25) is 0 Å². The van der Waals surface area contributed by atoms with Crippen molar-refractivity contribution in [2.24, 2.45) is 0 Å². The lowest BCUT2D eigenvalue weighted by molar-refractivity contribution is -0.105. The molecule has 0 N–H and O–H groups in total. The van der Waals surface area contributed by atoms with Crippen LogP contribution in [0.15, 0.2) is 24.3 Å². The standard InChI is InChI=1S/C9H8F4S/c10-8-4-2-1-3-7(8)5-14-6-9(11,12)13/h1-4H,5-6H2. The Morgan fingerprint density at radius 2 is 1.79 bits per heavy atom. The zero-order valence-corrected chi connectivity index (χ0v) is 7.96. The van der Waals surface area contributed by atoms with Gasteiger partial charge in [-0.15, -0.1) is 11.8 Å². The molecule has 1 rings (SSSR count). The van der Waals surface area contributed by atoms with Crippen LogP contribution in [0.5, 0.6) is 0 Å². The molecule has 5 heteroatoms. The molecular weight excluding hydrogens is 216 g/mol. The van der Waals surface area contributed by atoms with Gasteiger partial charge in [-0.1, -0.05) is 18.2 Å².